The lowest BCUT2D eigenvalue weighted by atomic mass is 9.84. The highest BCUT2D eigenvalue weighted by Crippen LogP contribution is 2.47. The van der Waals surface area contributed by atoms with Gasteiger partial charge in [-0.2, -0.15) is 0 Å². The van der Waals surface area contributed by atoms with Crippen LogP contribution in [0, 0.1) is 23.7 Å². The van der Waals surface area contributed by atoms with E-state index in [2.05, 4.69) is 63.9 Å². The van der Waals surface area contributed by atoms with Gasteiger partial charge in [0.1, 0.15) is 11.4 Å². The zero-order valence-electron chi connectivity index (χ0n) is 35.2. The highest BCUT2D eigenvalue weighted by Gasteiger charge is 2.42. The third-order valence-corrected chi connectivity index (χ3v) is 11.6. The van der Waals surface area contributed by atoms with Gasteiger partial charge < -0.3 is 19.9 Å². The van der Waals surface area contributed by atoms with Gasteiger partial charge in [0.2, 0.25) is 0 Å². The average molecular weight is 777 g/mol. The zero-order chi connectivity index (χ0) is 41.6. The molecule has 0 saturated carbocycles. The van der Waals surface area contributed by atoms with Crippen molar-refractivity contribution in [1.29, 1.82) is 0 Å². The van der Waals surface area contributed by atoms with Gasteiger partial charge >= 0.3 is 11.9 Å². The van der Waals surface area contributed by atoms with E-state index in [0.717, 1.165) is 114 Å². The van der Waals surface area contributed by atoms with Crippen LogP contribution in [0.3, 0.4) is 0 Å². The molecule has 0 unspecified atom stereocenters. The summed E-state index contributed by atoms with van der Waals surface area (Å²) in [7, 11) is 1.41. The van der Waals surface area contributed by atoms with Crippen molar-refractivity contribution in [2.24, 2.45) is 26.8 Å². The third-order valence-electron chi connectivity index (χ3n) is 11.6. The molecule has 0 spiro atoms. The van der Waals surface area contributed by atoms with Gasteiger partial charge in [-0.05, 0) is 125 Å². The summed E-state index contributed by atoms with van der Waals surface area (Å²) in [5, 5.41) is 15.4. The highest BCUT2D eigenvalue weighted by atomic mass is 16.6. The number of aliphatic hydroxyl groups is 1. The molecule has 0 aromatic heterocycles. The molecule has 1 fully saturated rings. The lowest BCUT2D eigenvalue weighted by Gasteiger charge is -2.17. The Balaban J connectivity index is 1.42. The van der Waals surface area contributed by atoms with Crippen LogP contribution in [0.25, 0.3) is 6.08 Å². The number of fused-ring (bicyclic) bond motifs is 5. The average Bonchev–Trinajstić information content (AvgIpc) is 3.94. The molecule has 298 valence electrons. The molecule has 2 N–H and O–H groups in total. The standard InChI is InChI=1S/C49H52N4O5/c1-11-32-26(3)37-24-40-33(12-2)27(4)45(52-40)35(19-17-30-13-15-31(16-14-30)18-21-43(56)58-49(7,8)9)46-28(5)34(20-22-42(55)57-10)47(53-46)36-23-41(54)44-29(6)38(51-48(36)44)25-39(32)50-37/h13-16,18,21,24-25,28,34,53-54H,11-12,20,22-23H2,1-10H3/b21-18+,39-25?,40-24?,46-35?,47-36?/t28-,34-/m0/s1. The largest absolute Gasteiger partial charge is 0.511 e. The van der Waals surface area contributed by atoms with Crippen LogP contribution in [-0.4, -0.2) is 46.9 Å². The second kappa shape index (κ2) is 15.7. The second-order valence-corrected chi connectivity index (χ2v) is 16.5. The van der Waals surface area contributed by atoms with E-state index in [0.29, 0.717) is 12.8 Å². The van der Waals surface area contributed by atoms with Crippen LogP contribution >= 0.6 is 0 Å². The number of rotatable bonds is 7. The van der Waals surface area contributed by atoms with Gasteiger partial charge in [0.15, 0.2) is 0 Å². The summed E-state index contributed by atoms with van der Waals surface area (Å²) in [6.07, 6.45) is 10.00. The van der Waals surface area contributed by atoms with Gasteiger partial charge in [-0.15, -0.1) is 0 Å². The molecule has 7 rings (SSSR count). The van der Waals surface area contributed by atoms with E-state index < -0.39 is 11.6 Å². The van der Waals surface area contributed by atoms with Crippen molar-refractivity contribution in [3.05, 3.63) is 132 Å². The minimum absolute atomic E-state index is 0.0948. The predicted octanol–water partition coefficient (Wildman–Crippen LogP) is 9.80. The molecule has 9 heteroatoms. The van der Waals surface area contributed by atoms with Crippen molar-refractivity contribution in [3.8, 4) is 11.8 Å². The smallest absolute Gasteiger partial charge is 0.331 e. The van der Waals surface area contributed by atoms with Crippen molar-refractivity contribution in [2.45, 2.75) is 100 Å². The van der Waals surface area contributed by atoms with Gasteiger partial charge in [-0.25, -0.2) is 19.8 Å². The number of hydrogen-bond donors (Lipinski definition) is 2. The van der Waals surface area contributed by atoms with E-state index >= 15 is 0 Å². The van der Waals surface area contributed by atoms with Crippen LogP contribution < -0.4 is 5.32 Å². The van der Waals surface area contributed by atoms with Crippen molar-refractivity contribution in [2.75, 3.05) is 7.11 Å². The molecule has 6 aliphatic rings. The minimum atomic E-state index is -0.569. The van der Waals surface area contributed by atoms with Gasteiger partial charge in [0, 0.05) is 58.9 Å². The molecule has 9 nitrogen and oxygen atoms in total. The molecule has 0 radical (unpaired) electrons. The monoisotopic (exact) mass is 776 g/mol. The number of benzene rings is 1. The highest BCUT2D eigenvalue weighted by molar-refractivity contribution is 6.22. The SMILES string of the molecule is CCC1=C(C)C2=NC1=CC1=C(C)C3=C(O)CC(=C4NC(=C(C#Cc5ccc(/C=C/C(=O)OC(C)(C)C)cc5)C5=NC(=C2)C(CC)=C5C)[C@@H](C)[C@@H]4CCC(=O)OC)C3=N1. The molecular weight excluding hydrogens is 725 g/mol. The number of nitrogens with zero attached hydrogens (tertiary/aromatic N) is 3. The molecule has 1 aromatic rings. The number of carbonyl (C=O) groups is 2. The Labute approximate surface area is 341 Å². The first-order valence-corrected chi connectivity index (χ1v) is 20.2. The van der Waals surface area contributed by atoms with E-state index in [4.69, 9.17) is 24.5 Å². The number of nitrogens with one attached hydrogen (secondary N) is 1. The fourth-order valence-electron chi connectivity index (χ4n) is 8.58. The topological polar surface area (TPSA) is 122 Å². The Kier molecular flexibility index (Phi) is 10.9. The Morgan fingerprint density at radius 3 is 2.28 bits per heavy atom. The number of esters is 2. The molecule has 1 aromatic carbocycles. The summed E-state index contributed by atoms with van der Waals surface area (Å²) < 4.78 is 10.5. The number of methoxy groups -OCH3 is 1. The fourth-order valence-corrected chi connectivity index (χ4v) is 8.58. The summed E-state index contributed by atoms with van der Waals surface area (Å²) in [5.74, 6) is 6.40. The van der Waals surface area contributed by atoms with Crippen LogP contribution in [0.1, 0.15) is 106 Å². The summed E-state index contributed by atoms with van der Waals surface area (Å²) in [6.45, 7) is 18.2. The van der Waals surface area contributed by atoms with Crippen LogP contribution in [0.5, 0.6) is 0 Å². The predicted molar refractivity (Wildman–Crippen MR) is 231 cm³/mol. The van der Waals surface area contributed by atoms with Crippen LogP contribution in [0.15, 0.2) is 136 Å². The fraction of sp³-hybridized carbons (Fsp3) is 0.367. The summed E-state index contributed by atoms with van der Waals surface area (Å²) in [4.78, 5) is 40.6. The Bertz CT molecular complexity index is 2480. The summed E-state index contributed by atoms with van der Waals surface area (Å²) in [6, 6.07) is 7.72. The third kappa shape index (κ3) is 7.56. The number of aliphatic hydroxyl groups excluding tert-OH is 1. The van der Waals surface area contributed by atoms with Crippen LogP contribution in [0.2, 0.25) is 0 Å². The van der Waals surface area contributed by atoms with E-state index in [1.807, 2.05) is 52.0 Å². The number of carbonyl (C=O) groups excluding carboxylic acids is 2. The van der Waals surface area contributed by atoms with Crippen LogP contribution in [-0.2, 0) is 19.1 Å². The van der Waals surface area contributed by atoms with Gasteiger partial charge in [0.25, 0.3) is 0 Å². The number of allylic oxidation sites excluding steroid dienone is 12. The zero-order valence-corrected chi connectivity index (χ0v) is 35.2. The maximum Gasteiger partial charge on any atom is 0.331 e. The molecule has 2 atom stereocenters. The number of ether oxygens (including phenoxy) is 2. The van der Waals surface area contributed by atoms with E-state index in [-0.39, 0.29) is 30.0 Å². The molecule has 0 amide bonds. The minimum Gasteiger partial charge on any atom is -0.511 e. The van der Waals surface area contributed by atoms with Crippen molar-refractivity contribution >= 4 is 35.1 Å². The van der Waals surface area contributed by atoms with Crippen molar-refractivity contribution in [3.63, 3.8) is 0 Å². The lowest BCUT2D eigenvalue weighted by molar-refractivity contribution is -0.148. The van der Waals surface area contributed by atoms with Crippen molar-refractivity contribution in [1.82, 2.24) is 5.32 Å². The first kappa shape index (κ1) is 40.2. The van der Waals surface area contributed by atoms with E-state index in [1.165, 1.54) is 13.2 Å². The van der Waals surface area contributed by atoms with Gasteiger partial charge in [0.05, 0.1) is 46.9 Å². The second-order valence-electron chi connectivity index (χ2n) is 16.5. The Morgan fingerprint density at radius 2 is 1.60 bits per heavy atom. The first-order chi connectivity index (χ1) is 27.6. The normalized spacial score (nSPS) is 21.4. The van der Waals surface area contributed by atoms with Gasteiger partial charge in [-0.1, -0.05) is 44.7 Å². The first-order valence-electron chi connectivity index (χ1n) is 20.2. The molecule has 5 aliphatic heterocycles. The molecule has 8 bridgehead atoms. The summed E-state index contributed by atoms with van der Waals surface area (Å²) >= 11 is 0. The maximum atomic E-state index is 12.6. The molecular formula is C49H52N4O5. The Morgan fingerprint density at radius 1 is 0.914 bits per heavy atom. The van der Waals surface area contributed by atoms with E-state index in [9.17, 15) is 14.7 Å². The van der Waals surface area contributed by atoms with Crippen LogP contribution in [0.4, 0.5) is 0 Å². The van der Waals surface area contributed by atoms with Crippen molar-refractivity contribution < 1.29 is 24.2 Å². The molecule has 1 aliphatic carbocycles. The molecule has 1 saturated heterocycles. The molecule has 58 heavy (non-hydrogen) atoms. The number of aliphatic imine (C=N–C) groups is 3. The lowest BCUT2D eigenvalue weighted by Crippen LogP contribution is -2.22. The number of hydrogen-bond acceptors (Lipinski definition) is 9. The Hall–Kier alpha value is -6.01. The summed E-state index contributed by atoms with van der Waals surface area (Å²) in [5.41, 5.74) is 15.7. The maximum absolute atomic E-state index is 12.6. The quantitative estimate of drug-likeness (QED) is 0.162. The van der Waals surface area contributed by atoms with Gasteiger partial charge in [-0.3, -0.25) is 4.79 Å². The van der Waals surface area contributed by atoms with E-state index in [1.54, 1.807) is 6.08 Å². The molecule has 5 heterocycles.